The van der Waals surface area contributed by atoms with Gasteiger partial charge in [0.25, 0.3) is 0 Å². The summed E-state index contributed by atoms with van der Waals surface area (Å²) in [5.74, 6) is 0.317. The molecule has 0 unspecified atom stereocenters. The van der Waals surface area contributed by atoms with Gasteiger partial charge in [-0.05, 0) is 13.8 Å². The van der Waals surface area contributed by atoms with Gasteiger partial charge in [0.05, 0.1) is 5.75 Å². The molecule has 0 bridgehead atoms. The third-order valence-electron chi connectivity index (χ3n) is 1.47. The van der Waals surface area contributed by atoms with E-state index in [-0.39, 0.29) is 16.8 Å². The van der Waals surface area contributed by atoms with Gasteiger partial charge < -0.3 is 10.6 Å². The van der Waals surface area contributed by atoms with Gasteiger partial charge >= 0.3 is 0 Å². The zero-order valence-corrected chi connectivity index (χ0v) is 8.28. The molecule has 0 aliphatic rings. The van der Waals surface area contributed by atoms with Crippen molar-refractivity contribution < 1.29 is 4.79 Å². The molecule has 0 saturated heterocycles. The number of carbonyl (C=O) groups excluding carboxylic acids is 1. The van der Waals surface area contributed by atoms with E-state index in [1.54, 1.807) is 4.90 Å². The van der Waals surface area contributed by atoms with Crippen molar-refractivity contribution in [3.8, 4) is 0 Å². The number of nitrogens with two attached hydrogens (primary N) is 1. The molecule has 0 spiro atoms. The maximum absolute atomic E-state index is 11.3. The molecule has 0 rings (SSSR count). The molecule has 0 fully saturated rings. The van der Waals surface area contributed by atoms with Crippen LogP contribution in [0.25, 0.3) is 0 Å². The number of nitrogens with zero attached hydrogens (tertiary/aromatic N) is 1. The maximum atomic E-state index is 11.3. The molecule has 0 atom stereocenters. The van der Waals surface area contributed by atoms with Crippen molar-refractivity contribution in [2.75, 3.05) is 18.8 Å². The highest BCUT2D eigenvalue weighted by atomic mass is 32.2. The Morgan fingerprint density at radius 2 is 2.00 bits per heavy atom. The van der Waals surface area contributed by atoms with Crippen LogP contribution in [0.15, 0.2) is 0 Å². The Labute approximate surface area is 77.0 Å². The summed E-state index contributed by atoms with van der Waals surface area (Å²) in [6, 6.07) is 0. The summed E-state index contributed by atoms with van der Waals surface area (Å²) in [5.41, 5.74) is 5.10. The lowest BCUT2D eigenvalue weighted by Gasteiger charge is -2.17. The van der Waals surface area contributed by atoms with Gasteiger partial charge in [0.2, 0.25) is 5.91 Å². The first-order valence-electron chi connectivity index (χ1n) is 3.86. The lowest BCUT2D eigenvalue weighted by molar-refractivity contribution is -0.127. The Hall–Kier alpha value is -0.710. The summed E-state index contributed by atoms with van der Waals surface area (Å²) in [4.78, 5) is 13.0. The highest BCUT2D eigenvalue weighted by molar-refractivity contribution is 8.14. The first-order valence-corrected chi connectivity index (χ1v) is 4.85. The summed E-state index contributed by atoms with van der Waals surface area (Å²) in [6.45, 7) is 5.29. The second-order valence-electron chi connectivity index (χ2n) is 2.22. The number of amidine groups is 1. The second-order valence-corrected chi connectivity index (χ2v) is 3.24. The van der Waals surface area contributed by atoms with E-state index in [9.17, 15) is 4.79 Å². The van der Waals surface area contributed by atoms with Crippen molar-refractivity contribution in [1.82, 2.24) is 4.90 Å². The van der Waals surface area contributed by atoms with Gasteiger partial charge in [0.15, 0.2) is 5.17 Å². The van der Waals surface area contributed by atoms with Gasteiger partial charge in [-0.1, -0.05) is 11.8 Å². The van der Waals surface area contributed by atoms with E-state index in [1.165, 1.54) is 0 Å². The van der Waals surface area contributed by atoms with Crippen LogP contribution in [0, 0.1) is 5.41 Å². The minimum atomic E-state index is -0.00416. The number of nitrogens with one attached hydrogen (secondary N) is 1. The van der Waals surface area contributed by atoms with Gasteiger partial charge in [0, 0.05) is 13.1 Å². The molecule has 0 saturated carbocycles. The van der Waals surface area contributed by atoms with Crippen LogP contribution in [0.4, 0.5) is 0 Å². The number of amides is 1. The fourth-order valence-electron chi connectivity index (χ4n) is 0.807. The first-order chi connectivity index (χ1) is 5.61. The summed E-state index contributed by atoms with van der Waals surface area (Å²) in [7, 11) is 0. The number of carbonyl (C=O) groups is 1. The Balaban J connectivity index is 3.77. The van der Waals surface area contributed by atoms with Crippen LogP contribution in [-0.2, 0) is 4.79 Å². The first kappa shape index (κ1) is 11.3. The monoisotopic (exact) mass is 189 g/mol. The lowest BCUT2D eigenvalue weighted by atomic mass is 10.5. The molecular weight excluding hydrogens is 174 g/mol. The Kier molecular flexibility index (Phi) is 5.53. The van der Waals surface area contributed by atoms with Crippen LogP contribution in [-0.4, -0.2) is 34.8 Å². The Morgan fingerprint density at radius 1 is 1.50 bits per heavy atom. The Bertz CT molecular complexity index is 168. The molecule has 0 aromatic rings. The minimum Gasteiger partial charge on any atom is -0.379 e. The topological polar surface area (TPSA) is 70.2 Å². The molecular formula is C7H15N3OS. The predicted octanol–water partition coefficient (Wildman–Crippen LogP) is 0.481. The highest BCUT2D eigenvalue weighted by Crippen LogP contribution is 2.00. The molecule has 12 heavy (non-hydrogen) atoms. The number of rotatable bonds is 4. The van der Waals surface area contributed by atoms with Crippen LogP contribution in [0.1, 0.15) is 13.8 Å². The van der Waals surface area contributed by atoms with Crippen molar-refractivity contribution in [3.05, 3.63) is 0 Å². The normalized spacial score (nSPS) is 9.50. The quantitative estimate of drug-likeness (QED) is 0.499. The van der Waals surface area contributed by atoms with Gasteiger partial charge in [-0.15, -0.1) is 0 Å². The van der Waals surface area contributed by atoms with E-state index < -0.39 is 0 Å². The fraction of sp³-hybridized carbons (Fsp3) is 0.714. The van der Waals surface area contributed by atoms with E-state index in [4.69, 9.17) is 11.1 Å². The fourth-order valence-corrected chi connectivity index (χ4v) is 1.27. The summed E-state index contributed by atoms with van der Waals surface area (Å²) in [5, 5.41) is 6.91. The van der Waals surface area contributed by atoms with Crippen molar-refractivity contribution in [2.45, 2.75) is 13.8 Å². The highest BCUT2D eigenvalue weighted by Gasteiger charge is 2.09. The van der Waals surface area contributed by atoms with Gasteiger partial charge in [0.1, 0.15) is 0 Å². The average Bonchev–Trinajstić information content (AvgIpc) is 2.03. The van der Waals surface area contributed by atoms with Crippen molar-refractivity contribution >= 4 is 22.8 Å². The van der Waals surface area contributed by atoms with E-state index in [0.29, 0.717) is 13.1 Å². The summed E-state index contributed by atoms with van der Waals surface area (Å²) >= 11 is 1.07. The zero-order valence-electron chi connectivity index (χ0n) is 7.46. The van der Waals surface area contributed by atoms with Crippen LogP contribution in [0.5, 0.6) is 0 Å². The molecule has 0 aliphatic heterocycles. The number of thioether (sulfide) groups is 1. The molecule has 0 aromatic carbocycles. The van der Waals surface area contributed by atoms with E-state index in [2.05, 4.69) is 0 Å². The van der Waals surface area contributed by atoms with Crippen LogP contribution in [0.3, 0.4) is 0 Å². The van der Waals surface area contributed by atoms with Crippen molar-refractivity contribution in [1.29, 1.82) is 5.41 Å². The third-order valence-corrected chi connectivity index (χ3v) is 2.17. The third kappa shape index (κ3) is 4.23. The zero-order chi connectivity index (χ0) is 9.56. The summed E-state index contributed by atoms with van der Waals surface area (Å²) < 4.78 is 0. The largest absolute Gasteiger partial charge is 0.379 e. The molecule has 0 aliphatic carbocycles. The van der Waals surface area contributed by atoms with Gasteiger partial charge in [-0.2, -0.15) is 0 Å². The smallest absolute Gasteiger partial charge is 0.233 e. The predicted molar refractivity (Wildman–Crippen MR) is 52.3 cm³/mol. The number of hydrogen-bond acceptors (Lipinski definition) is 3. The molecule has 4 nitrogen and oxygen atoms in total. The van der Waals surface area contributed by atoms with Crippen LogP contribution < -0.4 is 5.73 Å². The molecule has 3 N–H and O–H groups in total. The number of hydrogen-bond donors (Lipinski definition) is 2. The van der Waals surface area contributed by atoms with Crippen LogP contribution >= 0.6 is 11.8 Å². The van der Waals surface area contributed by atoms with E-state index >= 15 is 0 Å². The average molecular weight is 189 g/mol. The maximum Gasteiger partial charge on any atom is 0.233 e. The van der Waals surface area contributed by atoms with Crippen LogP contribution in [0.2, 0.25) is 0 Å². The molecule has 70 valence electrons. The van der Waals surface area contributed by atoms with Gasteiger partial charge in [-0.25, -0.2) is 0 Å². The Morgan fingerprint density at radius 3 is 2.33 bits per heavy atom. The standard InChI is InChI=1S/C7H15N3OS/c1-3-10(4-2)6(11)5-12-7(8)9/h3-5H2,1-2H3,(H3,8,9). The molecule has 1 amide bonds. The molecule has 5 heteroatoms. The molecule has 0 radical (unpaired) electrons. The van der Waals surface area contributed by atoms with Crippen molar-refractivity contribution in [3.63, 3.8) is 0 Å². The van der Waals surface area contributed by atoms with E-state index in [0.717, 1.165) is 11.8 Å². The minimum absolute atomic E-state index is 0.00416. The van der Waals surface area contributed by atoms with E-state index in [1.807, 2.05) is 13.8 Å². The van der Waals surface area contributed by atoms with Gasteiger partial charge in [-0.3, -0.25) is 10.2 Å². The van der Waals surface area contributed by atoms with Crippen molar-refractivity contribution in [2.24, 2.45) is 5.73 Å². The SMILES string of the molecule is CCN(CC)C(=O)CSC(=N)N. The summed E-state index contributed by atoms with van der Waals surface area (Å²) in [6.07, 6.45) is 0. The molecule has 0 heterocycles. The molecule has 0 aromatic heterocycles. The second kappa shape index (κ2) is 5.88. The lowest BCUT2D eigenvalue weighted by Crippen LogP contribution is -2.32.